The van der Waals surface area contributed by atoms with Crippen LogP contribution in [0.1, 0.15) is 18.4 Å². The summed E-state index contributed by atoms with van der Waals surface area (Å²) in [6.45, 7) is 2.23. The van der Waals surface area contributed by atoms with Crippen LogP contribution >= 0.6 is 28.3 Å². The van der Waals surface area contributed by atoms with Crippen molar-refractivity contribution in [2.45, 2.75) is 25.5 Å². The smallest absolute Gasteiger partial charge is 0.255 e. The number of halogens is 2. The van der Waals surface area contributed by atoms with Gasteiger partial charge in [0.05, 0.1) is 6.10 Å². The Balaban J connectivity index is 0.00000220. The van der Waals surface area contributed by atoms with Crippen LogP contribution in [0, 0.1) is 0 Å². The van der Waals surface area contributed by atoms with Gasteiger partial charge in [-0.2, -0.15) is 0 Å². The van der Waals surface area contributed by atoms with E-state index in [0.717, 1.165) is 36.0 Å². The van der Waals surface area contributed by atoms with Crippen molar-refractivity contribution < 1.29 is 14.3 Å². The topological polar surface area (TPSA) is 73.6 Å². The molecule has 1 aliphatic rings. The Bertz CT molecular complexity index is 468. The lowest BCUT2D eigenvalue weighted by molar-refractivity contribution is -0.119. The third kappa shape index (κ3) is 6.22. The molecule has 5 nitrogen and oxygen atoms in total. The van der Waals surface area contributed by atoms with Gasteiger partial charge in [0, 0.05) is 29.7 Å². The average molecular weight is 380 g/mol. The number of hydrogen-bond donors (Lipinski definition) is 2. The van der Waals surface area contributed by atoms with Gasteiger partial charge in [-0.3, -0.25) is 4.79 Å². The van der Waals surface area contributed by atoms with Gasteiger partial charge in [0.1, 0.15) is 5.75 Å². The molecular weight excluding hydrogens is 360 g/mol. The molecule has 1 heterocycles. The van der Waals surface area contributed by atoms with Crippen LogP contribution in [0.25, 0.3) is 0 Å². The highest BCUT2D eigenvalue weighted by molar-refractivity contribution is 9.10. The van der Waals surface area contributed by atoms with Crippen molar-refractivity contribution >= 4 is 34.2 Å². The Morgan fingerprint density at radius 1 is 1.52 bits per heavy atom. The molecule has 21 heavy (non-hydrogen) atoms. The maximum atomic E-state index is 10.8. The summed E-state index contributed by atoms with van der Waals surface area (Å²) in [6.07, 6.45) is 2.55. The Hall–Kier alpha value is -0.820. The zero-order valence-corrected chi connectivity index (χ0v) is 14.0. The zero-order valence-electron chi connectivity index (χ0n) is 11.6. The van der Waals surface area contributed by atoms with Gasteiger partial charge in [0.15, 0.2) is 6.61 Å². The molecule has 0 aromatic heterocycles. The molecule has 3 N–H and O–H groups in total. The monoisotopic (exact) mass is 378 g/mol. The van der Waals surface area contributed by atoms with Crippen LogP contribution in [0.3, 0.4) is 0 Å². The summed E-state index contributed by atoms with van der Waals surface area (Å²) in [7, 11) is 0. The van der Waals surface area contributed by atoms with Crippen molar-refractivity contribution in [2.24, 2.45) is 5.73 Å². The summed E-state index contributed by atoms with van der Waals surface area (Å²) in [6, 6.07) is 5.68. The number of ether oxygens (including phenoxy) is 2. The largest absolute Gasteiger partial charge is 0.483 e. The molecule has 2 rings (SSSR count). The molecule has 7 heteroatoms. The van der Waals surface area contributed by atoms with Gasteiger partial charge in [0.2, 0.25) is 0 Å². The first-order chi connectivity index (χ1) is 9.65. The predicted molar refractivity (Wildman–Crippen MR) is 86.8 cm³/mol. The second kappa shape index (κ2) is 9.25. The van der Waals surface area contributed by atoms with Gasteiger partial charge < -0.3 is 20.5 Å². The molecule has 1 unspecified atom stereocenters. The quantitative estimate of drug-likeness (QED) is 0.760. The summed E-state index contributed by atoms with van der Waals surface area (Å²) in [5.41, 5.74) is 6.08. The van der Waals surface area contributed by atoms with Crippen molar-refractivity contribution in [1.82, 2.24) is 5.32 Å². The van der Waals surface area contributed by atoms with Crippen molar-refractivity contribution in [3.05, 3.63) is 28.2 Å². The van der Waals surface area contributed by atoms with E-state index in [2.05, 4.69) is 21.2 Å². The van der Waals surface area contributed by atoms with E-state index in [1.54, 1.807) is 0 Å². The first-order valence-electron chi connectivity index (χ1n) is 6.67. The number of primary amides is 1. The van der Waals surface area contributed by atoms with Crippen LogP contribution in [0.2, 0.25) is 0 Å². The fraction of sp³-hybridized carbons (Fsp3) is 0.500. The molecule has 1 amide bonds. The minimum absolute atomic E-state index is 0. The fourth-order valence-corrected chi connectivity index (χ4v) is 2.56. The van der Waals surface area contributed by atoms with E-state index < -0.39 is 5.91 Å². The van der Waals surface area contributed by atoms with Crippen molar-refractivity contribution in [2.75, 3.05) is 19.8 Å². The van der Waals surface area contributed by atoms with Crippen molar-refractivity contribution in [3.8, 4) is 5.75 Å². The van der Waals surface area contributed by atoms with Gasteiger partial charge in [-0.25, -0.2) is 0 Å². The second-order valence-corrected chi connectivity index (χ2v) is 5.69. The molecule has 0 bridgehead atoms. The number of rotatable bonds is 7. The van der Waals surface area contributed by atoms with E-state index in [0.29, 0.717) is 18.4 Å². The summed E-state index contributed by atoms with van der Waals surface area (Å²) >= 11 is 3.43. The van der Waals surface area contributed by atoms with Gasteiger partial charge in [-0.15, -0.1) is 12.4 Å². The van der Waals surface area contributed by atoms with Gasteiger partial charge in [-0.1, -0.05) is 15.9 Å². The minimum atomic E-state index is -0.480. The van der Waals surface area contributed by atoms with E-state index in [1.165, 1.54) is 0 Å². The SMILES string of the molecule is Cl.NC(=O)COc1ccc(Br)cc1CNCC1CCCO1. The number of nitrogens with one attached hydrogen (secondary N) is 1. The van der Waals surface area contributed by atoms with Crippen molar-refractivity contribution in [1.29, 1.82) is 0 Å². The number of benzene rings is 1. The van der Waals surface area contributed by atoms with Crippen LogP contribution in [-0.2, 0) is 16.1 Å². The highest BCUT2D eigenvalue weighted by Gasteiger charge is 2.15. The maximum absolute atomic E-state index is 10.8. The first kappa shape index (κ1) is 18.2. The van der Waals surface area contributed by atoms with Gasteiger partial charge in [0.25, 0.3) is 5.91 Å². The highest BCUT2D eigenvalue weighted by atomic mass is 79.9. The standard InChI is InChI=1S/C14H19BrN2O3.ClH/c15-11-3-4-13(20-9-14(16)18)10(6-11)7-17-8-12-2-1-5-19-12;/h3-4,6,12,17H,1-2,5,7-9H2,(H2,16,18);1H. The summed E-state index contributed by atoms with van der Waals surface area (Å²) < 4.78 is 11.9. The third-order valence-corrected chi connectivity index (χ3v) is 3.60. The van der Waals surface area contributed by atoms with Crippen LogP contribution in [0.5, 0.6) is 5.75 Å². The lowest BCUT2D eigenvalue weighted by atomic mass is 10.2. The average Bonchev–Trinajstić information content (AvgIpc) is 2.91. The number of carbonyl (C=O) groups is 1. The molecule has 0 spiro atoms. The number of nitrogens with two attached hydrogens (primary N) is 1. The van der Waals surface area contributed by atoms with E-state index in [1.807, 2.05) is 18.2 Å². The second-order valence-electron chi connectivity index (χ2n) is 4.77. The molecule has 1 aromatic carbocycles. The van der Waals surface area contributed by atoms with Gasteiger partial charge in [-0.05, 0) is 31.0 Å². The summed E-state index contributed by atoms with van der Waals surface area (Å²) in [4.78, 5) is 10.8. The Morgan fingerprint density at radius 3 is 3.00 bits per heavy atom. The lowest BCUT2D eigenvalue weighted by Gasteiger charge is -2.14. The van der Waals surface area contributed by atoms with E-state index in [9.17, 15) is 4.79 Å². The maximum Gasteiger partial charge on any atom is 0.255 e. The molecular formula is C14H20BrClN2O3. The third-order valence-electron chi connectivity index (χ3n) is 3.10. The van der Waals surface area contributed by atoms with E-state index in [-0.39, 0.29) is 19.0 Å². The van der Waals surface area contributed by atoms with Crippen LogP contribution < -0.4 is 15.8 Å². The fourth-order valence-electron chi connectivity index (χ4n) is 2.15. The molecule has 1 aliphatic heterocycles. The minimum Gasteiger partial charge on any atom is -0.483 e. The van der Waals surface area contributed by atoms with E-state index >= 15 is 0 Å². The van der Waals surface area contributed by atoms with E-state index in [4.69, 9.17) is 15.2 Å². The molecule has 1 aromatic rings. The normalized spacial score (nSPS) is 17.3. The predicted octanol–water partition coefficient (Wildman–Crippen LogP) is 2.00. The number of hydrogen-bond acceptors (Lipinski definition) is 4. The molecule has 1 fully saturated rings. The molecule has 0 radical (unpaired) electrons. The summed E-state index contributed by atoms with van der Waals surface area (Å²) in [5, 5.41) is 3.36. The number of carbonyl (C=O) groups excluding carboxylic acids is 1. The lowest BCUT2D eigenvalue weighted by Crippen LogP contribution is -2.26. The molecule has 1 atom stereocenters. The summed E-state index contributed by atoms with van der Waals surface area (Å²) in [5.74, 6) is 0.193. The van der Waals surface area contributed by atoms with Crippen molar-refractivity contribution in [3.63, 3.8) is 0 Å². The first-order valence-corrected chi connectivity index (χ1v) is 7.46. The zero-order chi connectivity index (χ0) is 14.4. The van der Waals surface area contributed by atoms with Crippen LogP contribution in [-0.4, -0.2) is 31.8 Å². The van der Waals surface area contributed by atoms with Crippen LogP contribution in [0.4, 0.5) is 0 Å². The Labute approximate surface area is 139 Å². The highest BCUT2D eigenvalue weighted by Crippen LogP contribution is 2.23. The molecule has 0 saturated carbocycles. The Kier molecular flexibility index (Phi) is 8.03. The molecule has 118 valence electrons. The van der Waals surface area contributed by atoms with Crippen LogP contribution in [0.15, 0.2) is 22.7 Å². The van der Waals surface area contributed by atoms with Gasteiger partial charge >= 0.3 is 0 Å². The molecule has 1 saturated heterocycles. The number of amides is 1. The Morgan fingerprint density at radius 2 is 2.33 bits per heavy atom. The molecule has 0 aliphatic carbocycles.